The zero-order valence-electron chi connectivity index (χ0n) is 18.8. The standard InChI is InChI=1S/C25H25N5O2S/c1-16-10-18(5-7-21(16)31-13-23-26-8-9-33-23)29-24-19-11-17(4-6-20(19)27-15-28-24)12-22-30-25(2,3)14-32-22/h4-11,15H,12-14H2,1-3H3,(H,27,28,29). The van der Waals surface area contributed by atoms with Crippen LogP contribution in [0.1, 0.15) is 30.0 Å². The predicted molar refractivity (Wildman–Crippen MR) is 132 cm³/mol. The van der Waals surface area contributed by atoms with Crippen LogP contribution in [0.5, 0.6) is 5.75 Å². The van der Waals surface area contributed by atoms with Gasteiger partial charge in [-0.1, -0.05) is 6.07 Å². The molecule has 0 radical (unpaired) electrons. The third-order valence-electron chi connectivity index (χ3n) is 5.35. The van der Waals surface area contributed by atoms with Crippen LogP contribution >= 0.6 is 11.3 Å². The number of ether oxygens (including phenoxy) is 2. The van der Waals surface area contributed by atoms with Crippen molar-refractivity contribution < 1.29 is 9.47 Å². The Bertz CT molecular complexity index is 1320. The maximum atomic E-state index is 5.92. The van der Waals surface area contributed by atoms with E-state index in [1.54, 1.807) is 23.9 Å². The molecule has 0 unspecified atom stereocenters. The first-order valence-corrected chi connectivity index (χ1v) is 11.7. The molecular weight excluding hydrogens is 434 g/mol. The van der Waals surface area contributed by atoms with Crippen LogP contribution in [0, 0.1) is 6.92 Å². The van der Waals surface area contributed by atoms with Crippen molar-refractivity contribution in [3.63, 3.8) is 0 Å². The molecule has 8 heteroatoms. The van der Waals surface area contributed by atoms with Crippen LogP contribution in [0.4, 0.5) is 11.5 Å². The molecule has 1 aliphatic heterocycles. The maximum Gasteiger partial charge on any atom is 0.188 e. The van der Waals surface area contributed by atoms with Crippen LogP contribution in [0.25, 0.3) is 10.9 Å². The van der Waals surface area contributed by atoms with Gasteiger partial charge >= 0.3 is 0 Å². The number of aromatic nitrogens is 3. The van der Waals surface area contributed by atoms with Gasteiger partial charge in [0.1, 0.15) is 36.1 Å². The lowest BCUT2D eigenvalue weighted by molar-refractivity contribution is 0.275. The van der Waals surface area contributed by atoms with Gasteiger partial charge in [-0.15, -0.1) is 11.3 Å². The van der Waals surface area contributed by atoms with Crippen molar-refractivity contribution >= 4 is 39.6 Å². The van der Waals surface area contributed by atoms with E-state index < -0.39 is 0 Å². The molecule has 2 aromatic heterocycles. The summed E-state index contributed by atoms with van der Waals surface area (Å²) in [6, 6.07) is 12.2. The van der Waals surface area contributed by atoms with E-state index >= 15 is 0 Å². The van der Waals surface area contributed by atoms with Crippen molar-refractivity contribution in [2.75, 3.05) is 11.9 Å². The van der Waals surface area contributed by atoms with Gasteiger partial charge in [0.25, 0.3) is 0 Å². The molecule has 0 atom stereocenters. The number of hydrogen-bond donors (Lipinski definition) is 1. The van der Waals surface area contributed by atoms with Gasteiger partial charge in [-0.05, 0) is 62.2 Å². The second-order valence-corrected chi connectivity index (χ2v) is 9.66. The third-order valence-corrected chi connectivity index (χ3v) is 6.10. The molecule has 0 spiro atoms. The Labute approximate surface area is 196 Å². The molecule has 1 aliphatic rings. The molecule has 0 saturated carbocycles. The number of anilines is 2. The topological polar surface area (TPSA) is 81.5 Å². The fourth-order valence-electron chi connectivity index (χ4n) is 3.73. The smallest absolute Gasteiger partial charge is 0.188 e. The van der Waals surface area contributed by atoms with Crippen LogP contribution in [0.2, 0.25) is 0 Å². The summed E-state index contributed by atoms with van der Waals surface area (Å²) < 4.78 is 11.7. The minimum absolute atomic E-state index is 0.157. The molecule has 0 amide bonds. The van der Waals surface area contributed by atoms with Gasteiger partial charge in [-0.2, -0.15) is 0 Å². The van der Waals surface area contributed by atoms with Gasteiger partial charge in [0.2, 0.25) is 0 Å². The molecule has 0 aliphatic carbocycles. The number of fused-ring (bicyclic) bond motifs is 1. The summed E-state index contributed by atoms with van der Waals surface area (Å²) in [6.45, 7) is 7.27. The third kappa shape index (κ3) is 4.96. The van der Waals surface area contributed by atoms with E-state index in [0.717, 1.165) is 50.2 Å². The van der Waals surface area contributed by atoms with E-state index in [2.05, 4.69) is 57.3 Å². The van der Waals surface area contributed by atoms with Crippen LogP contribution in [0.15, 0.2) is 59.3 Å². The van der Waals surface area contributed by atoms with Crippen LogP contribution in [0.3, 0.4) is 0 Å². The zero-order valence-corrected chi connectivity index (χ0v) is 19.6. The summed E-state index contributed by atoms with van der Waals surface area (Å²) in [7, 11) is 0. The first-order chi connectivity index (χ1) is 15.9. The molecule has 2 aromatic carbocycles. The predicted octanol–water partition coefficient (Wildman–Crippen LogP) is 5.47. The summed E-state index contributed by atoms with van der Waals surface area (Å²) >= 11 is 1.59. The Morgan fingerprint density at radius 3 is 2.79 bits per heavy atom. The van der Waals surface area contributed by atoms with Gasteiger partial charge in [0, 0.05) is 29.1 Å². The second kappa shape index (κ2) is 8.78. The number of aliphatic imine (C=N–C) groups is 1. The van der Waals surface area contributed by atoms with Gasteiger partial charge in [-0.25, -0.2) is 19.9 Å². The number of benzene rings is 2. The monoisotopic (exact) mass is 459 g/mol. The summed E-state index contributed by atoms with van der Waals surface area (Å²) in [5, 5.41) is 7.30. The number of nitrogens with one attached hydrogen (secondary N) is 1. The molecule has 4 aromatic rings. The number of nitrogens with zero attached hydrogens (tertiary/aromatic N) is 4. The Morgan fingerprint density at radius 1 is 1.12 bits per heavy atom. The normalized spacial score (nSPS) is 14.7. The first kappa shape index (κ1) is 21.3. The summed E-state index contributed by atoms with van der Waals surface area (Å²) in [6.07, 6.45) is 4.02. The van der Waals surface area contributed by atoms with Crippen molar-refractivity contribution in [3.05, 3.63) is 70.4 Å². The van der Waals surface area contributed by atoms with Crippen molar-refractivity contribution in [3.8, 4) is 5.75 Å². The molecule has 0 saturated heterocycles. The Balaban J connectivity index is 1.35. The minimum Gasteiger partial charge on any atom is -0.486 e. The average Bonchev–Trinajstić information content (AvgIpc) is 3.43. The zero-order chi connectivity index (χ0) is 22.8. The molecule has 33 heavy (non-hydrogen) atoms. The fourth-order valence-corrected chi connectivity index (χ4v) is 4.26. The van der Waals surface area contributed by atoms with Crippen LogP contribution < -0.4 is 10.1 Å². The highest BCUT2D eigenvalue weighted by Crippen LogP contribution is 2.28. The van der Waals surface area contributed by atoms with Crippen molar-refractivity contribution in [1.82, 2.24) is 15.0 Å². The van der Waals surface area contributed by atoms with Crippen molar-refractivity contribution in [1.29, 1.82) is 0 Å². The molecule has 168 valence electrons. The fraction of sp³-hybridized carbons (Fsp3) is 0.280. The van der Waals surface area contributed by atoms with E-state index in [4.69, 9.17) is 9.47 Å². The minimum atomic E-state index is -0.157. The Morgan fingerprint density at radius 2 is 2.03 bits per heavy atom. The highest BCUT2D eigenvalue weighted by atomic mass is 32.1. The van der Waals surface area contributed by atoms with Crippen molar-refractivity contribution in [2.45, 2.75) is 39.3 Å². The van der Waals surface area contributed by atoms with Gasteiger partial charge < -0.3 is 14.8 Å². The Kier molecular flexibility index (Phi) is 5.68. The second-order valence-electron chi connectivity index (χ2n) is 8.68. The van der Waals surface area contributed by atoms with E-state index in [1.165, 1.54) is 0 Å². The van der Waals surface area contributed by atoms with E-state index in [1.807, 2.05) is 30.5 Å². The molecule has 7 nitrogen and oxygen atoms in total. The van der Waals surface area contributed by atoms with E-state index in [-0.39, 0.29) is 5.54 Å². The number of rotatable bonds is 7. The summed E-state index contributed by atoms with van der Waals surface area (Å²) in [5.74, 6) is 2.37. The molecule has 0 fully saturated rings. The SMILES string of the molecule is Cc1cc(Nc2ncnc3ccc(CC4=NC(C)(C)CO4)cc23)ccc1OCc1nccs1. The average molecular weight is 460 g/mol. The number of thiazole rings is 1. The molecular formula is C25H25N5O2S. The van der Waals surface area contributed by atoms with Crippen LogP contribution in [-0.4, -0.2) is 33.0 Å². The number of aryl methyl sites for hydroxylation is 1. The first-order valence-electron chi connectivity index (χ1n) is 10.8. The van der Waals surface area contributed by atoms with Crippen LogP contribution in [-0.2, 0) is 17.8 Å². The lowest BCUT2D eigenvalue weighted by Crippen LogP contribution is -2.17. The van der Waals surface area contributed by atoms with Gasteiger partial charge in [-0.3, -0.25) is 0 Å². The van der Waals surface area contributed by atoms with Gasteiger partial charge in [0.05, 0.1) is 11.1 Å². The molecule has 3 heterocycles. The Hall–Kier alpha value is -3.52. The lowest BCUT2D eigenvalue weighted by atomic mass is 10.1. The lowest BCUT2D eigenvalue weighted by Gasteiger charge is -2.12. The highest BCUT2D eigenvalue weighted by Gasteiger charge is 2.26. The quantitative estimate of drug-likeness (QED) is 0.395. The van der Waals surface area contributed by atoms with E-state index in [0.29, 0.717) is 19.6 Å². The maximum absolute atomic E-state index is 5.92. The molecule has 5 rings (SSSR count). The highest BCUT2D eigenvalue weighted by molar-refractivity contribution is 7.09. The number of hydrogen-bond acceptors (Lipinski definition) is 8. The van der Waals surface area contributed by atoms with Gasteiger partial charge in [0.15, 0.2) is 5.90 Å². The van der Waals surface area contributed by atoms with E-state index in [9.17, 15) is 0 Å². The summed E-state index contributed by atoms with van der Waals surface area (Å²) in [5.41, 5.74) is 3.81. The molecule has 1 N–H and O–H groups in total. The van der Waals surface area contributed by atoms with Crippen molar-refractivity contribution in [2.24, 2.45) is 4.99 Å². The summed E-state index contributed by atoms with van der Waals surface area (Å²) in [4.78, 5) is 17.8. The largest absolute Gasteiger partial charge is 0.486 e. The molecule has 0 bridgehead atoms.